The number of nitrogens with one attached hydrogen (secondary N) is 1. The van der Waals surface area contributed by atoms with Gasteiger partial charge in [-0.1, -0.05) is 38.1 Å². The van der Waals surface area contributed by atoms with Crippen LogP contribution in [0.4, 0.5) is 11.4 Å². The zero-order valence-electron chi connectivity index (χ0n) is 19.3. The van der Waals surface area contributed by atoms with Crippen LogP contribution in [0, 0.1) is 13.8 Å². The molecule has 0 amide bonds. The van der Waals surface area contributed by atoms with E-state index in [1.165, 1.54) is 53.7 Å². The number of thiocarbonyl (C=S) groups is 1. The molecule has 0 radical (unpaired) electrons. The molecule has 0 spiro atoms. The smallest absolute Gasteiger partial charge is 0.173 e. The summed E-state index contributed by atoms with van der Waals surface area (Å²) < 4.78 is 0. The molecule has 0 saturated heterocycles. The number of nitrogens with zero attached hydrogens (tertiary/aromatic N) is 2. The molecular weight excluding hydrogens is 386 g/mol. The first-order valence-electron chi connectivity index (χ1n) is 11.4. The quantitative estimate of drug-likeness (QED) is 0.515. The van der Waals surface area contributed by atoms with E-state index < -0.39 is 0 Å². The van der Waals surface area contributed by atoms with Crippen molar-refractivity contribution in [1.82, 2.24) is 4.90 Å². The van der Waals surface area contributed by atoms with Crippen molar-refractivity contribution < 1.29 is 0 Å². The second kappa shape index (κ2) is 10.3. The van der Waals surface area contributed by atoms with Crippen LogP contribution in [0.15, 0.2) is 36.4 Å². The molecule has 2 aromatic rings. The molecule has 1 aliphatic rings. The number of rotatable bonds is 7. The summed E-state index contributed by atoms with van der Waals surface area (Å²) in [4.78, 5) is 4.88. The highest BCUT2D eigenvalue weighted by molar-refractivity contribution is 7.80. The number of fused-ring (bicyclic) bond motifs is 1. The largest absolute Gasteiger partial charge is 0.371 e. The molecular formula is C26H37N3S. The van der Waals surface area contributed by atoms with Crippen molar-refractivity contribution in [2.75, 3.05) is 23.3 Å². The van der Waals surface area contributed by atoms with Crippen LogP contribution in [0.2, 0.25) is 0 Å². The molecule has 1 N–H and O–H groups in total. The van der Waals surface area contributed by atoms with Crippen LogP contribution < -0.4 is 10.2 Å². The molecule has 30 heavy (non-hydrogen) atoms. The number of anilines is 2. The molecule has 0 fully saturated rings. The highest BCUT2D eigenvalue weighted by Crippen LogP contribution is 2.29. The van der Waals surface area contributed by atoms with E-state index in [9.17, 15) is 0 Å². The van der Waals surface area contributed by atoms with Crippen LogP contribution in [-0.2, 0) is 13.0 Å². The van der Waals surface area contributed by atoms with Crippen LogP contribution in [0.3, 0.4) is 0 Å². The summed E-state index contributed by atoms with van der Waals surface area (Å²) in [5.41, 5.74) is 7.83. The van der Waals surface area contributed by atoms with E-state index in [0.29, 0.717) is 6.04 Å². The Balaban J connectivity index is 1.80. The van der Waals surface area contributed by atoms with Gasteiger partial charge >= 0.3 is 0 Å². The third-order valence-electron chi connectivity index (χ3n) is 6.22. The Bertz CT molecular complexity index is 877. The molecule has 0 unspecified atom stereocenters. The van der Waals surface area contributed by atoms with Gasteiger partial charge in [0, 0.05) is 37.1 Å². The Morgan fingerprint density at radius 1 is 1.17 bits per heavy atom. The second-order valence-electron chi connectivity index (χ2n) is 8.69. The fourth-order valence-corrected chi connectivity index (χ4v) is 4.59. The van der Waals surface area contributed by atoms with Crippen LogP contribution in [0.5, 0.6) is 0 Å². The third-order valence-corrected chi connectivity index (χ3v) is 6.56. The summed E-state index contributed by atoms with van der Waals surface area (Å²) in [6.07, 6.45) is 4.68. The van der Waals surface area contributed by atoms with E-state index in [-0.39, 0.29) is 0 Å². The summed E-state index contributed by atoms with van der Waals surface area (Å²) in [5.74, 6) is 0. The van der Waals surface area contributed by atoms with Crippen molar-refractivity contribution >= 4 is 28.7 Å². The van der Waals surface area contributed by atoms with Gasteiger partial charge in [-0.3, -0.25) is 0 Å². The van der Waals surface area contributed by atoms with Gasteiger partial charge in [0.05, 0.1) is 0 Å². The predicted octanol–water partition coefficient (Wildman–Crippen LogP) is 6.46. The zero-order valence-corrected chi connectivity index (χ0v) is 20.1. The van der Waals surface area contributed by atoms with E-state index in [0.717, 1.165) is 30.3 Å². The van der Waals surface area contributed by atoms with Crippen molar-refractivity contribution in [3.05, 3.63) is 58.7 Å². The SMILES string of the molecule is CCCN1CCCc2cc(CN(C(=S)Nc3cc(C)ccc3C)[C@H](C)CC)ccc21. The maximum atomic E-state index is 5.88. The van der Waals surface area contributed by atoms with E-state index >= 15 is 0 Å². The zero-order chi connectivity index (χ0) is 21.7. The van der Waals surface area contributed by atoms with Gasteiger partial charge in [-0.15, -0.1) is 0 Å². The summed E-state index contributed by atoms with van der Waals surface area (Å²) in [6.45, 7) is 14.2. The van der Waals surface area contributed by atoms with E-state index in [2.05, 4.69) is 86.1 Å². The molecule has 1 aliphatic heterocycles. The first-order chi connectivity index (χ1) is 14.4. The summed E-state index contributed by atoms with van der Waals surface area (Å²) >= 11 is 5.88. The van der Waals surface area contributed by atoms with E-state index in [4.69, 9.17) is 12.2 Å². The van der Waals surface area contributed by atoms with Gasteiger partial charge in [0.25, 0.3) is 0 Å². The van der Waals surface area contributed by atoms with Crippen LogP contribution in [-0.4, -0.2) is 29.1 Å². The summed E-state index contributed by atoms with van der Waals surface area (Å²) in [5, 5.41) is 4.33. The van der Waals surface area contributed by atoms with E-state index in [1.54, 1.807) is 0 Å². The number of hydrogen-bond acceptors (Lipinski definition) is 2. The van der Waals surface area contributed by atoms with Gasteiger partial charge in [0.15, 0.2) is 5.11 Å². The maximum absolute atomic E-state index is 5.88. The average molecular weight is 424 g/mol. The minimum atomic E-state index is 0.378. The van der Waals surface area contributed by atoms with Gasteiger partial charge in [-0.25, -0.2) is 0 Å². The van der Waals surface area contributed by atoms with Crippen molar-refractivity contribution in [3.8, 4) is 0 Å². The minimum Gasteiger partial charge on any atom is -0.371 e. The van der Waals surface area contributed by atoms with Gasteiger partial charge < -0.3 is 15.1 Å². The Hall–Kier alpha value is -2.07. The lowest BCUT2D eigenvalue weighted by molar-refractivity contribution is 0.319. The fourth-order valence-electron chi connectivity index (χ4n) is 4.23. The Labute approximate surface area is 188 Å². The Morgan fingerprint density at radius 3 is 2.70 bits per heavy atom. The normalized spacial score (nSPS) is 14.2. The molecule has 0 aliphatic carbocycles. The standard InChI is InChI=1S/C26H37N3S/c1-6-14-28-15-8-9-23-17-22(12-13-25(23)28)18-29(21(5)7-2)26(30)27-24-16-19(3)10-11-20(24)4/h10-13,16-17,21H,6-9,14-15,18H2,1-5H3,(H,27,30)/t21-/m1/s1. The molecule has 1 atom stereocenters. The van der Waals surface area contributed by atoms with Crippen LogP contribution in [0.25, 0.3) is 0 Å². The van der Waals surface area contributed by atoms with Gasteiger partial charge in [0.1, 0.15) is 0 Å². The molecule has 4 heteroatoms. The van der Waals surface area contributed by atoms with Crippen molar-refractivity contribution in [2.24, 2.45) is 0 Å². The monoisotopic (exact) mass is 423 g/mol. The molecule has 3 rings (SSSR count). The lowest BCUT2D eigenvalue weighted by Crippen LogP contribution is -2.40. The third kappa shape index (κ3) is 5.34. The lowest BCUT2D eigenvalue weighted by Gasteiger charge is -2.34. The van der Waals surface area contributed by atoms with Crippen molar-refractivity contribution in [3.63, 3.8) is 0 Å². The van der Waals surface area contributed by atoms with Gasteiger partial charge in [-0.05, 0) is 93.1 Å². The van der Waals surface area contributed by atoms with Crippen molar-refractivity contribution in [2.45, 2.75) is 72.9 Å². The van der Waals surface area contributed by atoms with Crippen LogP contribution in [0.1, 0.15) is 62.3 Å². The topological polar surface area (TPSA) is 18.5 Å². The predicted molar refractivity (Wildman–Crippen MR) is 135 cm³/mol. The molecule has 2 aromatic carbocycles. The molecule has 1 heterocycles. The van der Waals surface area contributed by atoms with Crippen molar-refractivity contribution in [1.29, 1.82) is 0 Å². The first-order valence-corrected chi connectivity index (χ1v) is 11.8. The van der Waals surface area contributed by atoms with E-state index in [1.807, 2.05) is 0 Å². The molecule has 0 aromatic heterocycles. The molecule has 0 bridgehead atoms. The Morgan fingerprint density at radius 2 is 1.97 bits per heavy atom. The first kappa shape index (κ1) is 22.6. The second-order valence-corrected chi connectivity index (χ2v) is 9.07. The Kier molecular flexibility index (Phi) is 7.76. The summed E-state index contributed by atoms with van der Waals surface area (Å²) in [6, 6.07) is 13.9. The molecule has 3 nitrogen and oxygen atoms in total. The number of aryl methyl sites for hydroxylation is 3. The highest BCUT2D eigenvalue weighted by Gasteiger charge is 2.20. The molecule has 162 valence electrons. The summed E-state index contributed by atoms with van der Waals surface area (Å²) in [7, 11) is 0. The maximum Gasteiger partial charge on any atom is 0.173 e. The fraction of sp³-hybridized carbons (Fsp3) is 0.500. The van der Waals surface area contributed by atoms with Gasteiger partial charge in [0.2, 0.25) is 0 Å². The minimum absolute atomic E-state index is 0.378. The average Bonchev–Trinajstić information content (AvgIpc) is 2.74. The lowest BCUT2D eigenvalue weighted by atomic mass is 9.98. The molecule has 0 saturated carbocycles. The number of benzene rings is 2. The highest BCUT2D eigenvalue weighted by atomic mass is 32.1. The van der Waals surface area contributed by atoms with Gasteiger partial charge in [-0.2, -0.15) is 0 Å². The number of hydrogen-bond donors (Lipinski definition) is 1. The van der Waals surface area contributed by atoms with Crippen LogP contribution >= 0.6 is 12.2 Å².